The summed E-state index contributed by atoms with van der Waals surface area (Å²) < 4.78 is 42.1. The Hall–Kier alpha value is -3.89. The molecule has 3 heterocycles. The van der Waals surface area contributed by atoms with Gasteiger partial charge in [-0.1, -0.05) is 0 Å². The maximum absolute atomic E-state index is 12.9. The quantitative estimate of drug-likeness (QED) is 0.314. The molecule has 0 amide bonds. The Morgan fingerprint density at radius 1 is 1.00 bits per heavy atom. The number of ether oxygens (including phenoxy) is 1. The molecule has 0 unspecified atom stereocenters. The number of tetrazole rings is 1. The van der Waals surface area contributed by atoms with Crippen LogP contribution in [0.4, 0.5) is 13.2 Å². The van der Waals surface area contributed by atoms with Gasteiger partial charge in [-0.2, -0.15) is 13.2 Å². The van der Waals surface area contributed by atoms with Gasteiger partial charge in [-0.3, -0.25) is 4.79 Å². The number of alkyl halides is 3. The number of hydrogen-bond acceptors (Lipinski definition) is 5. The Bertz CT molecular complexity index is 1220. The molecule has 3 aromatic heterocycles. The lowest BCUT2D eigenvalue weighted by Crippen LogP contribution is -2.12. The van der Waals surface area contributed by atoms with Crippen LogP contribution in [0.3, 0.4) is 0 Å². The lowest BCUT2D eigenvalue weighted by molar-refractivity contribution is -0.135. The highest BCUT2D eigenvalue weighted by molar-refractivity contribution is 5.82. The first-order chi connectivity index (χ1) is 15.9. The number of rotatable bonds is 9. The number of halogens is 3. The van der Waals surface area contributed by atoms with Crippen LogP contribution in [-0.4, -0.2) is 43.4 Å². The van der Waals surface area contributed by atoms with Crippen molar-refractivity contribution in [3.63, 3.8) is 0 Å². The third kappa shape index (κ3) is 5.68. The number of aromatic amines is 3. The van der Waals surface area contributed by atoms with Gasteiger partial charge in [0.15, 0.2) is 5.82 Å². The molecular formula is C22H21F3N6O2. The van der Waals surface area contributed by atoms with E-state index >= 15 is 0 Å². The van der Waals surface area contributed by atoms with Gasteiger partial charge in [-0.25, -0.2) is 5.10 Å². The number of nitrogens with zero attached hydrogens (tertiary/aromatic N) is 3. The fourth-order valence-electron chi connectivity index (χ4n) is 3.46. The highest BCUT2D eigenvalue weighted by Gasteiger charge is 2.25. The Kier molecular flexibility index (Phi) is 6.57. The highest BCUT2D eigenvalue weighted by Crippen LogP contribution is 2.30. The molecule has 11 heteroatoms. The minimum Gasteiger partial charge on any atom is -0.494 e. The van der Waals surface area contributed by atoms with Crippen molar-refractivity contribution in [2.45, 2.75) is 31.9 Å². The number of H-pyrrole nitrogens is 3. The van der Waals surface area contributed by atoms with Gasteiger partial charge in [-0.15, -0.1) is 5.10 Å². The molecule has 33 heavy (non-hydrogen) atoms. The van der Waals surface area contributed by atoms with Crippen molar-refractivity contribution in [3.8, 4) is 39.5 Å². The molecule has 0 bridgehead atoms. The molecule has 1 aromatic carbocycles. The first-order valence-electron chi connectivity index (χ1n) is 10.4. The number of hydrogen-bond donors (Lipinski definition) is 3. The number of benzene rings is 1. The number of nitrogens with one attached hydrogen (secondary N) is 3. The first-order valence-corrected chi connectivity index (χ1v) is 10.4. The van der Waals surface area contributed by atoms with Gasteiger partial charge in [0.25, 0.3) is 5.56 Å². The Labute approximate surface area is 186 Å². The van der Waals surface area contributed by atoms with Crippen LogP contribution in [0.2, 0.25) is 0 Å². The van der Waals surface area contributed by atoms with Gasteiger partial charge in [0, 0.05) is 35.6 Å². The molecule has 0 aliphatic carbocycles. The normalized spacial score (nSPS) is 11.6. The molecule has 4 rings (SSSR count). The molecule has 172 valence electrons. The maximum atomic E-state index is 12.9. The second kappa shape index (κ2) is 9.72. The zero-order valence-corrected chi connectivity index (χ0v) is 17.4. The van der Waals surface area contributed by atoms with Crippen LogP contribution in [0, 0.1) is 0 Å². The van der Waals surface area contributed by atoms with E-state index in [4.69, 9.17) is 4.74 Å². The van der Waals surface area contributed by atoms with Crippen LogP contribution < -0.4 is 10.3 Å². The third-order valence-corrected chi connectivity index (χ3v) is 5.06. The van der Waals surface area contributed by atoms with E-state index < -0.39 is 12.6 Å². The zero-order chi connectivity index (χ0) is 23.3. The molecule has 0 aliphatic rings. The summed E-state index contributed by atoms with van der Waals surface area (Å²) in [6, 6.07) is 10.8. The molecule has 4 aromatic rings. The lowest BCUT2D eigenvalue weighted by Gasteiger charge is -2.10. The molecule has 0 saturated heterocycles. The summed E-state index contributed by atoms with van der Waals surface area (Å²) in [6.45, 7) is 0.339. The van der Waals surface area contributed by atoms with E-state index in [-0.39, 0.29) is 17.8 Å². The summed E-state index contributed by atoms with van der Waals surface area (Å²) in [5.41, 5.74) is 2.82. The minimum atomic E-state index is -4.11. The van der Waals surface area contributed by atoms with E-state index in [1.165, 1.54) is 0 Å². The van der Waals surface area contributed by atoms with Crippen molar-refractivity contribution in [2.75, 3.05) is 6.61 Å². The van der Waals surface area contributed by atoms with E-state index in [0.717, 1.165) is 11.1 Å². The lowest BCUT2D eigenvalue weighted by atomic mass is 10.00. The van der Waals surface area contributed by atoms with Crippen molar-refractivity contribution in [1.29, 1.82) is 0 Å². The average Bonchev–Trinajstić information content (AvgIpc) is 3.49. The van der Waals surface area contributed by atoms with E-state index in [9.17, 15) is 18.0 Å². The first kappa shape index (κ1) is 22.3. The van der Waals surface area contributed by atoms with Crippen LogP contribution in [-0.2, 0) is 0 Å². The largest absolute Gasteiger partial charge is 0.494 e. The molecule has 3 N–H and O–H groups in total. The fourth-order valence-corrected chi connectivity index (χ4v) is 3.46. The zero-order valence-electron chi connectivity index (χ0n) is 17.4. The summed E-state index contributed by atoms with van der Waals surface area (Å²) in [5, 5.41) is 13.6. The summed E-state index contributed by atoms with van der Waals surface area (Å²) in [7, 11) is 0. The van der Waals surface area contributed by atoms with Crippen LogP contribution >= 0.6 is 0 Å². The average molecular weight is 458 g/mol. The topological polar surface area (TPSA) is 112 Å². The van der Waals surface area contributed by atoms with Crippen molar-refractivity contribution in [2.24, 2.45) is 0 Å². The summed E-state index contributed by atoms with van der Waals surface area (Å²) >= 11 is 0. The second-order valence-electron chi connectivity index (χ2n) is 7.45. The molecule has 0 atom stereocenters. The predicted octanol–water partition coefficient (Wildman–Crippen LogP) is 4.72. The van der Waals surface area contributed by atoms with Gasteiger partial charge in [-0.05, 0) is 71.7 Å². The van der Waals surface area contributed by atoms with Gasteiger partial charge in [0.1, 0.15) is 5.75 Å². The minimum absolute atomic E-state index is 0.1000. The monoisotopic (exact) mass is 458 g/mol. The fraction of sp³-hybridized carbons (Fsp3) is 0.273. The molecule has 0 spiro atoms. The van der Waals surface area contributed by atoms with Crippen molar-refractivity contribution in [1.82, 2.24) is 30.6 Å². The van der Waals surface area contributed by atoms with Crippen LogP contribution in [0.5, 0.6) is 5.75 Å². The molecule has 8 nitrogen and oxygen atoms in total. The summed E-state index contributed by atoms with van der Waals surface area (Å²) in [6.07, 6.45) is -0.246. The van der Waals surface area contributed by atoms with E-state index in [2.05, 4.69) is 30.6 Å². The molecule has 0 fully saturated rings. The summed E-state index contributed by atoms with van der Waals surface area (Å²) in [4.78, 5) is 18.8. The maximum Gasteiger partial charge on any atom is 0.389 e. The van der Waals surface area contributed by atoms with Gasteiger partial charge >= 0.3 is 6.18 Å². The Morgan fingerprint density at radius 3 is 2.48 bits per heavy atom. The van der Waals surface area contributed by atoms with E-state index in [1.54, 1.807) is 36.7 Å². The summed E-state index contributed by atoms with van der Waals surface area (Å²) in [5.74, 6) is 0.866. The number of pyridine rings is 1. The van der Waals surface area contributed by atoms with Crippen LogP contribution in [0.15, 0.2) is 53.6 Å². The van der Waals surface area contributed by atoms with Crippen LogP contribution in [0.1, 0.15) is 25.7 Å². The second-order valence-corrected chi connectivity index (χ2v) is 7.45. The van der Waals surface area contributed by atoms with Gasteiger partial charge < -0.3 is 14.7 Å². The Morgan fingerprint density at radius 2 is 1.82 bits per heavy atom. The highest BCUT2D eigenvalue weighted by atomic mass is 19.4. The number of aromatic nitrogens is 6. The molecular weight excluding hydrogens is 437 g/mol. The van der Waals surface area contributed by atoms with Crippen molar-refractivity contribution in [3.05, 3.63) is 59.1 Å². The molecule has 0 aliphatic heterocycles. The SMILES string of the molecule is O=c1[nH]c(-c2ccc(OCCCCCC(F)(F)F)cc2)cc(-c2cc[nH]c2)c1-c1nnn[nH]1. The van der Waals surface area contributed by atoms with Gasteiger partial charge in [0.2, 0.25) is 0 Å². The Balaban J connectivity index is 1.48. The standard InChI is InChI=1S/C22H21F3N6O2/c23-22(24,25)9-2-1-3-11-33-16-6-4-14(5-7-16)18-12-17(15-8-10-26-13-15)19(21(32)27-18)20-28-30-31-29-20/h4-8,10,12-13,26H,1-3,9,11H2,(H,27,32)(H,28,29,30,31). The molecule has 0 radical (unpaired) electrons. The predicted molar refractivity (Wildman–Crippen MR) is 115 cm³/mol. The van der Waals surface area contributed by atoms with Crippen molar-refractivity contribution < 1.29 is 17.9 Å². The van der Waals surface area contributed by atoms with Gasteiger partial charge in [0.05, 0.1) is 12.2 Å². The van der Waals surface area contributed by atoms with Crippen LogP contribution in [0.25, 0.3) is 33.8 Å². The van der Waals surface area contributed by atoms with Crippen molar-refractivity contribution >= 4 is 0 Å². The third-order valence-electron chi connectivity index (χ3n) is 5.06. The molecule has 0 saturated carbocycles. The van der Waals surface area contributed by atoms with E-state index in [1.807, 2.05) is 12.1 Å². The van der Waals surface area contributed by atoms with E-state index in [0.29, 0.717) is 42.0 Å². The smallest absolute Gasteiger partial charge is 0.389 e. The number of unbranched alkanes of at least 4 members (excludes halogenated alkanes) is 2.